The van der Waals surface area contributed by atoms with Gasteiger partial charge in [0.05, 0.1) is 16.3 Å². The summed E-state index contributed by atoms with van der Waals surface area (Å²) in [6.07, 6.45) is -3.36. The van der Waals surface area contributed by atoms with Crippen molar-refractivity contribution in [2.75, 3.05) is 6.54 Å². The average Bonchev–Trinajstić information content (AvgIpc) is 2.31. The third kappa shape index (κ3) is 2.95. The second-order valence-corrected chi connectivity index (χ2v) is 4.95. The normalized spacial score (nSPS) is 16.2. The van der Waals surface area contributed by atoms with E-state index < -0.39 is 11.7 Å². The Balaban J connectivity index is 2.41. The molecule has 1 aromatic rings. The van der Waals surface area contributed by atoms with Crippen molar-refractivity contribution in [3.63, 3.8) is 0 Å². The number of hydrogen-bond donors (Lipinski definition) is 1. The van der Waals surface area contributed by atoms with Gasteiger partial charge in [-0.1, -0.05) is 23.7 Å². The molecular formula is C14H13ClF3N. The number of nitrogens with one attached hydrogen (secondary N) is 1. The fourth-order valence-corrected chi connectivity index (χ4v) is 2.17. The number of alkyl halides is 3. The number of halogens is 4. The highest BCUT2D eigenvalue weighted by atomic mass is 35.5. The van der Waals surface area contributed by atoms with Gasteiger partial charge in [-0.3, -0.25) is 0 Å². The molecule has 0 unspecified atom stereocenters. The van der Waals surface area contributed by atoms with Crippen LogP contribution in [0.5, 0.6) is 0 Å². The molecule has 1 aromatic carbocycles. The van der Waals surface area contributed by atoms with Crippen molar-refractivity contribution in [1.82, 2.24) is 5.32 Å². The van der Waals surface area contributed by atoms with Gasteiger partial charge in [-0.25, -0.2) is 0 Å². The smallest absolute Gasteiger partial charge is 0.379 e. The molecule has 1 N–H and O–H groups in total. The Bertz CT molecular complexity index is 571. The minimum absolute atomic E-state index is 0.0850. The van der Waals surface area contributed by atoms with Crippen LogP contribution >= 0.6 is 11.6 Å². The molecular weight excluding hydrogens is 275 g/mol. The minimum atomic E-state index is -4.35. The summed E-state index contributed by atoms with van der Waals surface area (Å²) >= 11 is 5.95. The lowest BCUT2D eigenvalue weighted by Gasteiger charge is -2.21. The summed E-state index contributed by atoms with van der Waals surface area (Å²) < 4.78 is 37.7. The zero-order chi connectivity index (χ0) is 14.2. The van der Waals surface area contributed by atoms with E-state index in [9.17, 15) is 13.2 Å². The zero-order valence-electron chi connectivity index (χ0n) is 10.5. The van der Waals surface area contributed by atoms with Gasteiger partial charge in [0.2, 0.25) is 0 Å². The molecule has 0 radical (unpaired) electrons. The van der Waals surface area contributed by atoms with Crippen molar-refractivity contribution in [2.45, 2.75) is 20.0 Å². The number of hydrogen-bond acceptors (Lipinski definition) is 1. The SMILES string of the molecule is Cc1ccc(C2=C(Cl)C=C(C(F)(F)F)CN2)cc1C. The largest absolute Gasteiger partial charge is 0.414 e. The van der Waals surface area contributed by atoms with E-state index in [2.05, 4.69) is 5.32 Å². The van der Waals surface area contributed by atoms with Gasteiger partial charge in [-0.15, -0.1) is 0 Å². The first-order valence-electron chi connectivity index (χ1n) is 5.78. The number of allylic oxidation sites excluding steroid dienone is 2. The summed E-state index contributed by atoms with van der Waals surface area (Å²) in [4.78, 5) is 0. The van der Waals surface area contributed by atoms with Crippen LogP contribution in [0.25, 0.3) is 5.70 Å². The molecule has 0 bridgehead atoms. The van der Waals surface area contributed by atoms with E-state index in [-0.39, 0.29) is 11.6 Å². The van der Waals surface area contributed by atoms with Crippen molar-refractivity contribution in [3.05, 3.63) is 51.6 Å². The van der Waals surface area contributed by atoms with Gasteiger partial charge in [0.1, 0.15) is 0 Å². The van der Waals surface area contributed by atoms with E-state index in [1.165, 1.54) is 0 Å². The molecule has 0 atom stereocenters. The van der Waals surface area contributed by atoms with Crippen molar-refractivity contribution in [3.8, 4) is 0 Å². The predicted octanol–water partition coefficient (Wildman–Crippen LogP) is 4.30. The molecule has 0 spiro atoms. The number of aryl methyl sites for hydroxylation is 2. The Kier molecular flexibility index (Phi) is 3.63. The first kappa shape index (κ1) is 14.0. The third-order valence-electron chi connectivity index (χ3n) is 3.16. The second kappa shape index (κ2) is 4.93. The highest BCUT2D eigenvalue weighted by Crippen LogP contribution is 2.32. The Labute approximate surface area is 114 Å². The van der Waals surface area contributed by atoms with Crippen LogP contribution in [0.4, 0.5) is 13.2 Å². The summed E-state index contributed by atoms with van der Waals surface area (Å²) in [5, 5.41) is 2.83. The Hall–Kier alpha value is -1.42. The molecule has 0 amide bonds. The lowest BCUT2D eigenvalue weighted by Crippen LogP contribution is -2.27. The number of dihydropyridines is 1. The zero-order valence-corrected chi connectivity index (χ0v) is 11.3. The fourth-order valence-electron chi connectivity index (χ4n) is 1.86. The Morgan fingerprint density at radius 1 is 1.16 bits per heavy atom. The first-order valence-corrected chi connectivity index (χ1v) is 6.16. The number of benzene rings is 1. The van der Waals surface area contributed by atoms with Crippen molar-refractivity contribution < 1.29 is 13.2 Å². The maximum atomic E-state index is 12.6. The molecule has 1 aliphatic heterocycles. The molecule has 0 fully saturated rings. The predicted molar refractivity (Wildman–Crippen MR) is 70.8 cm³/mol. The molecule has 0 aromatic heterocycles. The van der Waals surface area contributed by atoms with Gasteiger partial charge in [0, 0.05) is 6.54 Å². The van der Waals surface area contributed by atoms with Crippen LogP contribution < -0.4 is 5.32 Å². The highest BCUT2D eigenvalue weighted by molar-refractivity contribution is 6.34. The van der Waals surface area contributed by atoms with Gasteiger partial charge < -0.3 is 5.32 Å². The summed E-state index contributed by atoms with van der Waals surface area (Å²) in [5.41, 5.74) is 2.87. The lowest BCUT2D eigenvalue weighted by atomic mass is 10.0. The summed E-state index contributed by atoms with van der Waals surface area (Å²) in [6, 6.07) is 5.68. The minimum Gasteiger partial charge on any atom is -0.379 e. The van der Waals surface area contributed by atoms with Crippen molar-refractivity contribution in [2.24, 2.45) is 0 Å². The molecule has 2 rings (SSSR count). The molecule has 0 saturated carbocycles. The van der Waals surface area contributed by atoms with Gasteiger partial charge in [-0.05, 0) is 42.7 Å². The first-order chi connectivity index (χ1) is 8.79. The summed E-state index contributed by atoms with van der Waals surface area (Å²) in [5.74, 6) is 0. The standard InChI is InChI=1S/C14H13ClF3N/c1-8-3-4-10(5-9(8)2)13-12(15)6-11(7-19-13)14(16,17)18/h3-6,19H,7H2,1-2H3. The summed E-state index contributed by atoms with van der Waals surface area (Å²) in [7, 11) is 0. The Morgan fingerprint density at radius 3 is 2.37 bits per heavy atom. The van der Waals surface area contributed by atoms with Gasteiger partial charge in [0.15, 0.2) is 0 Å². The Morgan fingerprint density at radius 2 is 1.84 bits per heavy atom. The van der Waals surface area contributed by atoms with Crippen molar-refractivity contribution >= 4 is 17.3 Å². The lowest BCUT2D eigenvalue weighted by molar-refractivity contribution is -0.0927. The molecule has 102 valence electrons. The number of rotatable bonds is 1. The second-order valence-electron chi connectivity index (χ2n) is 4.54. The van der Waals surface area contributed by atoms with E-state index in [1.54, 1.807) is 0 Å². The van der Waals surface area contributed by atoms with E-state index in [4.69, 9.17) is 11.6 Å². The third-order valence-corrected chi connectivity index (χ3v) is 3.45. The van der Waals surface area contributed by atoms with Crippen LogP contribution in [0.3, 0.4) is 0 Å². The van der Waals surface area contributed by atoms with Gasteiger partial charge >= 0.3 is 6.18 Å². The molecule has 1 nitrogen and oxygen atoms in total. The van der Waals surface area contributed by atoms with Crippen molar-refractivity contribution in [1.29, 1.82) is 0 Å². The van der Waals surface area contributed by atoms with E-state index >= 15 is 0 Å². The van der Waals surface area contributed by atoms with E-state index in [1.807, 2.05) is 32.0 Å². The molecule has 0 saturated heterocycles. The van der Waals surface area contributed by atoms with E-state index in [0.717, 1.165) is 22.8 Å². The van der Waals surface area contributed by atoms with Crippen LogP contribution in [0.1, 0.15) is 16.7 Å². The topological polar surface area (TPSA) is 12.0 Å². The van der Waals surface area contributed by atoms with Gasteiger partial charge in [0.25, 0.3) is 0 Å². The molecule has 0 aliphatic carbocycles. The highest BCUT2D eigenvalue weighted by Gasteiger charge is 2.35. The molecule has 5 heteroatoms. The van der Waals surface area contributed by atoms with Crippen LogP contribution in [0.2, 0.25) is 0 Å². The average molecular weight is 288 g/mol. The fraction of sp³-hybridized carbons (Fsp3) is 0.286. The summed E-state index contributed by atoms with van der Waals surface area (Å²) in [6.45, 7) is 3.67. The van der Waals surface area contributed by atoms with E-state index in [0.29, 0.717) is 5.70 Å². The molecule has 1 aliphatic rings. The van der Waals surface area contributed by atoms with Crippen LogP contribution in [-0.4, -0.2) is 12.7 Å². The van der Waals surface area contributed by atoms with Crippen LogP contribution in [-0.2, 0) is 0 Å². The van der Waals surface area contributed by atoms with Crippen LogP contribution in [0, 0.1) is 13.8 Å². The molecule has 1 heterocycles. The monoisotopic (exact) mass is 287 g/mol. The van der Waals surface area contributed by atoms with Gasteiger partial charge in [-0.2, -0.15) is 13.2 Å². The van der Waals surface area contributed by atoms with Crippen LogP contribution in [0.15, 0.2) is 34.9 Å². The maximum absolute atomic E-state index is 12.6. The quantitative estimate of drug-likeness (QED) is 0.812. The molecule has 19 heavy (non-hydrogen) atoms. The maximum Gasteiger partial charge on any atom is 0.414 e.